The van der Waals surface area contributed by atoms with E-state index in [4.69, 9.17) is 15.0 Å². The zero-order valence-electron chi connectivity index (χ0n) is 33.4. The molecule has 0 saturated heterocycles. The lowest BCUT2D eigenvalue weighted by atomic mass is 9.91. The van der Waals surface area contributed by atoms with Gasteiger partial charge in [-0.3, -0.25) is 0 Å². The summed E-state index contributed by atoms with van der Waals surface area (Å²) in [6.07, 6.45) is 0.838. The molecule has 0 unspecified atom stereocenters. The van der Waals surface area contributed by atoms with E-state index in [0.29, 0.717) is 17.5 Å². The summed E-state index contributed by atoms with van der Waals surface area (Å²) in [6.45, 7) is 0. The maximum atomic E-state index is 5.18. The van der Waals surface area contributed by atoms with Gasteiger partial charge in [-0.1, -0.05) is 206 Å². The Hall–Kier alpha value is -8.01. The molecule has 0 aliphatic heterocycles. The maximum Gasteiger partial charge on any atom is 0.164 e. The number of nitrogens with zero attached hydrogens (tertiary/aromatic N) is 3. The van der Waals surface area contributed by atoms with Gasteiger partial charge in [0.15, 0.2) is 17.5 Å². The van der Waals surface area contributed by atoms with E-state index in [1.165, 1.54) is 61.2 Å². The van der Waals surface area contributed by atoms with Gasteiger partial charge in [0.05, 0.1) is 0 Å². The standard InChI is InChI=1S/C58H39N3/c1-5-15-39(16-6-1)41-27-29-43(30-28-41)47-35-48(37-49(36-47)58-60-56(45-19-9-3-10-20-45)59-57(61-58)46-21-11-4-12-22-46)51-24-14-26-53-52-25-13-23-50(54(52)38-55(51)53)44-33-31-42(32-34-44)40-17-7-2-8-18-40/h1-37H,38H2. The summed E-state index contributed by atoms with van der Waals surface area (Å²) in [7, 11) is 0. The summed E-state index contributed by atoms with van der Waals surface area (Å²) >= 11 is 0. The lowest BCUT2D eigenvalue weighted by Crippen LogP contribution is -2.00. The zero-order chi connectivity index (χ0) is 40.5. The second-order valence-corrected chi connectivity index (χ2v) is 15.6. The number of rotatable bonds is 8. The van der Waals surface area contributed by atoms with Crippen molar-refractivity contribution < 1.29 is 0 Å². The molecule has 9 aromatic carbocycles. The predicted octanol–water partition coefficient (Wildman–Crippen LogP) is 14.8. The van der Waals surface area contributed by atoms with Gasteiger partial charge in [-0.2, -0.15) is 0 Å². The average molecular weight is 778 g/mol. The van der Waals surface area contributed by atoms with Crippen LogP contribution in [0.4, 0.5) is 0 Å². The highest BCUT2D eigenvalue weighted by Crippen LogP contribution is 2.46. The lowest BCUT2D eigenvalue weighted by Gasteiger charge is -2.15. The van der Waals surface area contributed by atoms with Crippen molar-refractivity contribution >= 4 is 0 Å². The zero-order valence-corrected chi connectivity index (χ0v) is 33.4. The number of aromatic nitrogens is 3. The number of hydrogen-bond acceptors (Lipinski definition) is 3. The molecule has 0 fully saturated rings. The van der Waals surface area contributed by atoms with Crippen LogP contribution >= 0.6 is 0 Å². The van der Waals surface area contributed by atoms with Crippen LogP contribution in [-0.2, 0) is 6.42 Å². The molecule has 0 saturated carbocycles. The van der Waals surface area contributed by atoms with Crippen LogP contribution in [-0.4, -0.2) is 15.0 Å². The number of benzene rings is 9. The van der Waals surface area contributed by atoms with Crippen molar-refractivity contribution in [3.63, 3.8) is 0 Å². The van der Waals surface area contributed by atoms with Crippen LogP contribution in [0.15, 0.2) is 224 Å². The molecule has 11 rings (SSSR count). The molecule has 1 aromatic heterocycles. The van der Waals surface area contributed by atoms with Gasteiger partial charge in [0.1, 0.15) is 0 Å². The third-order valence-corrected chi connectivity index (χ3v) is 11.8. The third kappa shape index (κ3) is 7.03. The monoisotopic (exact) mass is 777 g/mol. The largest absolute Gasteiger partial charge is 0.208 e. The molecule has 61 heavy (non-hydrogen) atoms. The quantitative estimate of drug-likeness (QED) is 0.154. The Labute approximate surface area is 356 Å². The van der Waals surface area contributed by atoms with E-state index < -0.39 is 0 Å². The van der Waals surface area contributed by atoms with Crippen molar-refractivity contribution in [1.82, 2.24) is 15.0 Å². The fourth-order valence-corrected chi connectivity index (χ4v) is 8.75. The van der Waals surface area contributed by atoms with E-state index in [2.05, 4.69) is 188 Å². The summed E-state index contributed by atoms with van der Waals surface area (Å²) < 4.78 is 0. The first-order chi connectivity index (χ1) is 30.2. The molecule has 0 atom stereocenters. The SMILES string of the molecule is c1ccc(-c2ccc(-c3cc(-c4nc(-c5ccccc5)nc(-c5ccccc5)n4)cc(-c4cccc5c4Cc4c(-c6ccc(-c7ccccc7)cc6)cccc4-5)c3)cc2)cc1. The number of hydrogen-bond donors (Lipinski definition) is 0. The van der Waals surface area contributed by atoms with Crippen LogP contribution in [0.25, 0.3) is 101 Å². The first kappa shape index (κ1) is 36.1. The molecule has 286 valence electrons. The van der Waals surface area contributed by atoms with Crippen LogP contribution in [0.3, 0.4) is 0 Å². The smallest absolute Gasteiger partial charge is 0.164 e. The van der Waals surface area contributed by atoms with Crippen molar-refractivity contribution in [1.29, 1.82) is 0 Å². The summed E-state index contributed by atoms with van der Waals surface area (Å²) in [6, 6.07) is 79.7. The van der Waals surface area contributed by atoms with Gasteiger partial charge in [-0.05, 0) is 103 Å². The Bertz CT molecular complexity index is 3100. The van der Waals surface area contributed by atoms with Crippen LogP contribution in [0, 0.1) is 0 Å². The van der Waals surface area contributed by atoms with Gasteiger partial charge in [-0.25, -0.2) is 15.0 Å². The molecular weight excluding hydrogens is 739 g/mol. The molecule has 1 aliphatic carbocycles. The highest BCUT2D eigenvalue weighted by atomic mass is 15.0. The van der Waals surface area contributed by atoms with Gasteiger partial charge >= 0.3 is 0 Å². The molecule has 0 spiro atoms. The van der Waals surface area contributed by atoms with Crippen molar-refractivity contribution in [3.05, 3.63) is 236 Å². The lowest BCUT2D eigenvalue weighted by molar-refractivity contribution is 1.07. The Balaban J connectivity index is 1.05. The van der Waals surface area contributed by atoms with Gasteiger partial charge < -0.3 is 0 Å². The Morgan fingerprint density at radius 1 is 0.213 bits per heavy atom. The normalized spacial score (nSPS) is 11.5. The highest BCUT2D eigenvalue weighted by Gasteiger charge is 2.25. The van der Waals surface area contributed by atoms with Crippen molar-refractivity contribution in [3.8, 4) is 101 Å². The van der Waals surface area contributed by atoms with Gasteiger partial charge in [-0.15, -0.1) is 0 Å². The minimum absolute atomic E-state index is 0.633. The molecule has 1 heterocycles. The van der Waals surface area contributed by atoms with E-state index in [9.17, 15) is 0 Å². The Morgan fingerprint density at radius 3 is 0.984 bits per heavy atom. The topological polar surface area (TPSA) is 38.7 Å². The van der Waals surface area contributed by atoms with Crippen molar-refractivity contribution in [2.45, 2.75) is 6.42 Å². The fourth-order valence-electron chi connectivity index (χ4n) is 8.75. The molecule has 0 radical (unpaired) electrons. The first-order valence-electron chi connectivity index (χ1n) is 20.8. The third-order valence-electron chi connectivity index (χ3n) is 11.8. The average Bonchev–Trinajstić information content (AvgIpc) is 3.74. The summed E-state index contributed by atoms with van der Waals surface area (Å²) in [5.41, 5.74) is 20.0. The number of fused-ring (bicyclic) bond motifs is 3. The molecular formula is C58H39N3. The molecule has 3 heteroatoms. The fraction of sp³-hybridized carbons (Fsp3) is 0.0172. The minimum atomic E-state index is 0.633. The molecule has 3 nitrogen and oxygen atoms in total. The van der Waals surface area contributed by atoms with Gasteiger partial charge in [0, 0.05) is 16.7 Å². The van der Waals surface area contributed by atoms with E-state index in [0.717, 1.165) is 39.8 Å². The van der Waals surface area contributed by atoms with Crippen molar-refractivity contribution in [2.75, 3.05) is 0 Å². The van der Waals surface area contributed by atoms with Crippen LogP contribution < -0.4 is 0 Å². The molecule has 0 amide bonds. The van der Waals surface area contributed by atoms with Crippen LogP contribution in [0.5, 0.6) is 0 Å². The first-order valence-corrected chi connectivity index (χ1v) is 20.8. The second-order valence-electron chi connectivity index (χ2n) is 15.6. The van der Waals surface area contributed by atoms with E-state index in [-0.39, 0.29) is 0 Å². The highest BCUT2D eigenvalue weighted by molar-refractivity contribution is 5.91. The Kier molecular flexibility index (Phi) is 9.25. The van der Waals surface area contributed by atoms with Crippen LogP contribution in [0.1, 0.15) is 11.1 Å². The minimum Gasteiger partial charge on any atom is -0.208 e. The molecule has 0 bridgehead atoms. The maximum absolute atomic E-state index is 5.18. The van der Waals surface area contributed by atoms with Crippen LogP contribution in [0.2, 0.25) is 0 Å². The second kappa shape index (κ2) is 15.6. The summed E-state index contributed by atoms with van der Waals surface area (Å²) in [5, 5.41) is 0. The molecule has 1 aliphatic rings. The summed E-state index contributed by atoms with van der Waals surface area (Å²) in [4.78, 5) is 15.4. The van der Waals surface area contributed by atoms with Crippen molar-refractivity contribution in [2.24, 2.45) is 0 Å². The summed E-state index contributed by atoms with van der Waals surface area (Å²) in [5.74, 6) is 1.92. The molecule has 0 N–H and O–H groups in total. The van der Waals surface area contributed by atoms with E-state index in [1.54, 1.807) is 0 Å². The van der Waals surface area contributed by atoms with E-state index in [1.807, 2.05) is 36.4 Å². The predicted molar refractivity (Wildman–Crippen MR) is 252 cm³/mol. The Morgan fingerprint density at radius 2 is 0.525 bits per heavy atom. The van der Waals surface area contributed by atoms with E-state index >= 15 is 0 Å². The van der Waals surface area contributed by atoms with Gasteiger partial charge in [0.25, 0.3) is 0 Å². The molecule has 10 aromatic rings. The van der Waals surface area contributed by atoms with Gasteiger partial charge in [0.2, 0.25) is 0 Å².